The third kappa shape index (κ3) is 4.47. The summed E-state index contributed by atoms with van der Waals surface area (Å²) in [6.07, 6.45) is 3.74. The lowest BCUT2D eigenvalue weighted by Crippen LogP contribution is -2.41. The minimum absolute atomic E-state index is 0.0846. The van der Waals surface area contributed by atoms with E-state index < -0.39 is 5.41 Å². The first-order chi connectivity index (χ1) is 12.5. The molecule has 2 aromatic rings. The Labute approximate surface area is 157 Å². The highest BCUT2D eigenvalue weighted by Gasteiger charge is 2.33. The molecule has 0 fully saturated rings. The molecule has 7 heteroatoms. The third-order valence-electron chi connectivity index (χ3n) is 4.73. The number of methoxy groups -OCH3 is 1. The van der Waals surface area contributed by atoms with E-state index in [-0.39, 0.29) is 11.9 Å². The summed E-state index contributed by atoms with van der Waals surface area (Å²) in [4.78, 5) is 29.5. The van der Waals surface area contributed by atoms with Crippen molar-refractivity contribution in [1.29, 1.82) is 0 Å². The van der Waals surface area contributed by atoms with Crippen LogP contribution in [0.15, 0.2) is 30.5 Å². The Hall–Kier alpha value is -2.25. The molecule has 26 heavy (non-hydrogen) atoms. The standard InChI is InChI=1S/C19H25N3O3S/c1-4-19(5-2,12-20)17(24)22-18-21-11-15(26-18)10-13-7-6-8-14(9-13)16(23)25-3/h6-9,11H,4-5,10,12,20H2,1-3H3,(H,21,22,24). The van der Waals surface area contributed by atoms with E-state index in [0.717, 1.165) is 10.4 Å². The number of ether oxygens (including phenoxy) is 1. The number of hydrogen-bond donors (Lipinski definition) is 2. The molecular weight excluding hydrogens is 350 g/mol. The van der Waals surface area contributed by atoms with Gasteiger partial charge in [0.1, 0.15) is 0 Å². The van der Waals surface area contributed by atoms with Crippen molar-refractivity contribution in [2.45, 2.75) is 33.1 Å². The zero-order valence-corrected chi connectivity index (χ0v) is 16.2. The van der Waals surface area contributed by atoms with Gasteiger partial charge in [-0.1, -0.05) is 26.0 Å². The van der Waals surface area contributed by atoms with E-state index in [0.29, 0.717) is 36.5 Å². The topological polar surface area (TPSA) is 94.3 Å². The van der Waals surface area contributed by atoms with Gasteiger partial charge in [0, 0.05) is 24.0 Å². The number of thiazole rings is 1. The van der Waals surface area contributed by atoms with E-state index in [1.807, 2.05) is 26.0 Å². The molecule has 1 aromatic heterocycles. The monoisotopic (exact) mass is 375 g/mol. The highest BCUT2D eigenvalue weighted by molar-refractivity contribution is 7.15. The van der Waals surface area contributed by atoms with Gasteiger partial charge < -0.3 is 15.8 Å². The van der Waals surface area contributed by atoms with Gasteiger partial charge in [-0.15, -0.1) is 11.3 Å². The van der Waals surface area contributed by atoms with E-state index in [9.17, 15) is 9.59 Å². The summed E-state index contributed by atoms with van der Waals surface area (Å²) < 4.78 is 4.75. The van der Waals surface area contributed by atoms with E-state index in [2.05, 4.69) is 10.3 Å². The van der Waals surface area contributed by atoms with Crippen molar-refractivity contribution in [3.63, 3.8) is 0 Å². The summed E-state index contributed by atoms with van der Waals surface area (Å²) in [6, 6.07) is 7.29. The van der Waals surface area contributed by atoms with Gasteiger partial charge in [-0.2, -0.15) is 0 Å². The van der Waals surface area contributed by atoms with Crippen LogP contribution in [0.4, 0.5) is 5.13 Å². The molecule has 140 valence electrons. The van der Waals surface area contributed by atoms with Gasteiger partial charge in [0.25, 0.3) is 0 Å². The van der Waals surface area contributed by atoms with Crippen LogP contribution in [0.25, 0.3) is 0 Å². The Morgan fingerprint density at radius 3 is 2.65 bits per heavy atom. The highest BCUT2D eigenvalue weighted by Crippen LogP contribution is 2.28. The molecule has 0 saturated carbocycles. The second-order valence-corrected chi connectivity index (χ2v) is 7.26. The maximum atomic E-state index is 12.6. The van der Waals surface area contributed by atoms with Crippen LogP contribution < -0.4 is 11.1 Å². The number of anilines is 1. The van der Waals surface area contributed by atoms with E-state index in [4.69, 9.17) is 10.5 Å². The number of nitrogens with zero attached hydrogens (tertiary/aromatic N) is 1. The van der Waals surface area contributed by atoms with Crippen LogP contribution in [-0.2, 0) is 16.0 Å². The zero-order chi connectivity index (χ0) is 19.2. The molecule has 0 saturated heterocycles. The van der Waals surface area contributed by atoms with Gasteiger partial charge in [-0.3, -0.25) is 4.79 Å². The molecule has 0 spiro atoms. The SMILES string of the molecule is CCC(CC)(CN)C(=O)Nc1ncc(Cc2cccc(C(=O)OC)c2)s1. The molecule has 1 heterocycles. The number of benzene rings is 1. The molecule has 0 aliphatic carbocycles. The number of carbonyl (C=O) groups is 2. The van der Waals surface area contributed by atoms with Crippen molar-refractivity contribution in [1.82, 2.24) is 4.98 Å². The number of carbonyl (C=O) groups excluding carboxylic acids is 2. The maximum Gasteiger partial charge on any atom is 0.337 e. The summed E-state index contributed by atoms with van der Waals surface area (Å²) in [5, 5.41) is 3.46. The van der Waals surface area contributed by atoms with Crippen LogP contribution in [0.3, 0.4) is 0 Å². The van der Waals surface area contributed by atoms with Crippen molar-refractivity contribution >= 4 is 28.3 Å². The minimum atomic E-state index is -0.555. The number of nitrogens with one attached hydrogen (secondary N) is 1. The average molecular weight is 375 g/mol. The van der Waals surface area contributed by atoms with Gasteiger partial charge >= 0.3 is 5.97 Å². The molecular formula is C19H25N3O3S. The molecule has 0 atom stereocenters. The zero-order valence-electron chi connectivity index (χ0n) is 15.4. The van der Waals surface area contributed by atoms with Crippen molar-refractivity contribution in [2.24, 2.45) is 11.1 Å². The van der Waals surface area contributed by atoms with Crippen molar-refractivity contribution in [3.05, 3.63) is 46.5 Å². The highest BCUT2D eigenvalue weighted by atomic mass is 32.1. The predicted octanol–water partition coefficient (Wildman–Crippen LogP) is 3.22. The first-order valence-corrected chi connectivity index (χ1v) is 9.43. The smallest absolute Gasteiger partial charge is 0.337 e. The van der Waals surface area contributed by atoms with Crippen LogP contribution in [0.1, 0.15) is 47.5 Å². The molecule has 6 nitrogen and oxygen atoms in total. The minimum Gasteiger partial charge on any atom is -0.465 e. The Morgan fingerprint density at radius 1 is 1.31 bits per heavy atom. The molecule has 3 N–H and O–H groups in total. The van der Waals surface area contributed by atoms with Crippen LogP contribution in [-0.4, -0.2) is 30.5 Å². The van der Waals surface area contributed by atoms with Gasteiger partial charge in [-0.25, -0.2) is 9.78 Å². The summed E-state index contributed by atoms with van der Waals surface area (Å²) in [7, 11) is 1.36. The number of esters is 1. The third-order valence-corrected chi connectivity index (χ3v) is 5.64. The molecule has 1 aromatic carbocycles. The lowest BCUT2D eigenvalue weighted by molar-refractivity contribution is -0.125. The largest absolute Gasteiger partial charge is 0.465 e. The molecule has 2 rings (SSSR count). The van der Waals surface area contributed by atoms with Crippen molar-refractivity contribution in [3.8, 4) is 0 Å². The average Bonchev–Trinajstić information content (AvgIpc) is 3.10. The van der Waals surface area contributed by atoms with Crippen molar-refractivity contribution < 1.29 is 14.3 Å². The quantitative estimate of drug-likeness (QED) is 0.691. The van der Waals surface area contributed by atoms with Gasteiger partial charge in [-0.05, 0) is 30.5 Å². The molecule has 0 aliphatic rings. The van der Waals surface area contributed by atoms with Crippen LogP contribution in [0, 0.1) is 5.41 Å². The Balaban J connectivity index is 2.08. The normalized spacial score (nSPS) is 11.2. The van der Waals surface area contributed by atoms with Gasteiger partial charge in [0.2, 0.25) is 5.91 Å². The summed E-state index contributed by atoms with van der Waals surface area (Å²) in [6.45, 7) is 4.25. The van der Waals surface area contributed by atoms with Crippen molar-refractivity contribution in [2.75, 3.05) is 19.0 Å². The van der Waals surface area contributed by atoms with E-state index in [1.165, 1.54) is 18.4 Å². The lowest BCUT2D eigenvalue weighted by atomic mass is 9.81. The van der Waals surface area contributed by atoms with E-state index in [1.54, 1.807) is 18.3 Å². The molecule has 0 bridgehead atoms. The number of amides is 1. The number of nitrogens with two attached hydrogens (primary N) is 1. The Bertz CT molecular complexity index is 761. The molecule has 1 amide bonds. The van der Waals surface area contributed by atoms with Crippen LogP contribution in [0.2, 0.25) is 0 Å². The predicted molar refractivity (Wildman–Crippen MR) is 103 cm³/mol. The number of hydrogen-bond acceptors (Lipinski definition) is 6. The van der Waals surface area contributed by atoms with E-state index >= 15 is 0 Å². The summed E-state index contributed by atoms with van der Waals surface area (Å²) in [5.41, 5.74) is 6.77. The molecule has 0 unspecified atom stereocenters. The maximum absolute atomic E-state index is 12.6. The second-order valence-electron chi connectivity index (χ2n) is 6.15. The van der Waals surface area contributed by atoms with Gasteiger partial charge in [0.05, 0.1) is 18.1 Å². The molecule has 0 radical (unpaired) electrons. The summed E-state index contributed by atoms with van der Waals surface area (Å²) in [5.74, 6) is -0.444. The van der Waals surface area contributed by atoms with Crippen LogP contribution >= 0.6 is 11.3 Å². The first kappa shape index (κ1) is 20.1. The fraction of sp³-hybridized carbons (Fsp3) is 0.421. The Kier molecular flexibility index (Phi) is 6.88. The second kappa shape index (κ2) is 8.91. The lowest BCUT2D eigenvalue weighted by Gasteiger charge is -2.27. The van der Waals surface area contributed by atoms with Gasteiger partial charge in [0.15, 0.2) is 5.13 Å². The molecule has 0 aliphatic heterocycles. The fourth-order valence-electron chi connectivity index (χ4n) is 2.76. The number of rotatable bonds is 8. The summed E-state index contributed by atoms with van der Waals surface area (Å²) >= 11 is 1.42. The Morgan fingerprint density at radius 2 is 2.04 bits per heavy atom. The van der Waals surface area contributed by atoms with Crippen LogP contribution in [0.5, 0.6) is 0 Å². The number of aromatic nitrogens is 1. The fourth-order valence-corrected chi connectivity index (χ4v) is 3.60. The first-order valence-electron chi connectivity index (χ1n) is 8.61.